The van der Waals surface area contributed by atoms with E-state index in [4.69, 9.17) is 14.6 Å². The van der Waals surface area contributed by atoms with Gasteiger partial charge in [-0.25, -0.2) is 9.48 Å². The summed E-state index contributed by atoms with van der Waals surface area (Å²) in [7, 11) is 0. The number of carbonyl (C=O) groups is 1. The monoisotopic (exact) mass is 513 g/mol. The van der Waals surface area contributed by atoms with E-state index in [2.05, 4.69) is 29.4 Å². The number of morpholine rings is 1. The summed E-state index contributed by atoms with van der Waals surface area (Å²) < 4.78 is 13.4. The number of hydrogen-bond acceptors (Lipinski definition) is 5. The zero-order valence-electron chi connectivity index (χ0n) is 22.2. The molecule has 1 aliphatic rings. The number of anilines is 2. The van der Waals surface area contributed by atoms with E-state index in [1.165, 1.54) is 0 Å². The number of urea groups is 1. The van der Waals surface area contributed by atoms with Gasteiger partial charge in [0, 0.05) is 36.5 Å². The highest BCUT2D eigenvalue weighted by atomic mass is 16.5. The molecule has 0 radical (unpaired) electrons. The second-order valence-corrected chi connectivity index (χ2v) is 9.89. The lowest BCUT2D eigenvalue weighted by molar-refractivity contribution is 0.0323. The van der Waals surface area contributed by atoms with Crippen molar-refractivity contribution in [3.8, 4) is 11.4 Å². The molecule has 2 heterocycles. The van der Waals surface area contributed by atoms with Crippen LogP contribution in [0.2, 0.25) is 0 Å². The first kappa shape index (κ1) is 25.8. The summed E-state index contributed by atoms with van der Waals surface area (Å²) in [6.07, 6.45) is 0. The minimum atomic E-state index is -0.334. The van der Waals surface area contributed by atoms with Gasteiger partial charge in [-0.05, 0) is 37.1 Å². The molecule has 8 nitrogen and oxygen atoms in total. The average Bonchev–Trinajstić information content (AvgIpc) is 3.35. The van der Waals surface area contributed by atoms with E-state index in [9.17, 15) is 4.79 Å². The van der Waals surface area contributed by atoms with Crippen molar-refractivity contribution in [2.75, 3.05) is 50.1 Å². The summed E-state index contributed by atoms with van der Waals surface area (Å²) in [5.41, 5.74) is 3.67. The highest BCUT2D eigenvalue weighted by Gasteiger charge is 2.16. The largest absolute Gasteiger partial charge is 0.492 e. The number of aromatic nitrogens is 2. The molecule has 8 heteroatoms. The van der Waals surface area contributed by atoms with E-state index in [1.807, 2.05) is 73.7 Å². The Morgan fingerprint density at radius 3 is 2.47 bits per heavy atom. The molecule has 1 aliphatic heterocycles. The molecule has 4 aromatic rings. The number of fused-ring (bicyclic) bond motifs is 1. The van der Waals surface area contributed by atoms with E-state index in [1.54, 1.807) is 4.68 Å². The smallest absolute Gasteiger partial charge is 0.324 e. The van der Waals surface area contributed by atoms with Gasteiger partial charge in [-0.3, -0.25) is 10.2 Å². The highest BCUT2D eigenvalue weighted by molar-refractivity contribution is 6.07. The number of carbonyl (C=O) groups excluding carboxylic acids is 1. The second kappa shape index (κ2) is 11.7. The third-order valence-electron chi connectivity index (χ3n) is 6.74. The normalized spacial score (nSPS) is 14.1. The maximum Gasteiger partial charge on any atom is 0.324 e. The van der Waals surface area contributed by atoms with E-state index < -0.39 is 0 Å². The van der Waals surface area contributed by atoms with Gasteiger partial charge in [-0.15, -0.1) is 0 Å². The SMILES string of the molecule is Cc1ccc(-n2nc(C(C)C)cc2NC(=O)Nc2ccc(OCCN3CCOCC3)c3ccccc23)cc1. The fourth-order valence-corrected chi connectivity index (χ4v) is 4.54. The number of nitrogens with one attached hydrogen (secondary N) is 2. The fourth-order valence-electron chi connectivity index (χ4n) is 4.54. The van der Waals surface area contributed by atoms with E-state index in [0.29, 0.717) is 18.1 Å². The minimum absolute atomic E-state index is 0.227. The Labute approximate surface area is 223 Å². The van der Waals surface area contributed by atoms with Crippen molar-refractivity contribution in [1.82, 2.24) is 14.7 Å². The first-order valence-electron chi connectivity index (χ1n) is 13.2. The van der Waals surface area contributed by atoms with E-state index in [-0.39, 0.29) is 11.9 Å². The summed E-state index contributed by atoms with van der Waals surface area (Å²) in [6, 6.07) is 21.4. The molecule has 1 saturated heterocycles. The number of aryl methyl sites for hydroxylation is 1. The van der Waals surface area contributed by atoms with Crippen LogP contribution in [-0.4, -0.2) is 60.2 Å². The maximum absolute atomic E-state index is 13.2. The first-order valence-corrected chi connectivity index (χ1v) is 13.2. The molecule has 0 atom stereocenters. The quantitative estimate of drug-likeness (QED) is 0.311. The second-order valence-electron chi connectivity index (χ2n) is 9.89. The summed E-state index contributed by atoms with van der Waals surface area (Å²) in [5.74, 6) is 1.64. The molecule has 0 aliphatic carbocycles. The lowest BCUT2D eigenvalue weighted by atomic mass is 10.1. The zero-order chi connectivity index (χ0) is 26.5. The van der Waals surface area contributed by atoms with Crippen molar-refractivity contribution in [2.24, 2.45) is 0 Å². The van der Waals surface area contributed by atoms with Crippen LogP contribution in [0.1, 0.15) is 31.0 Å². The maximum atomic E-state index is 13.2. The van der Waals surface area contributed by atoms with Gasteiger partial charge < -0.3 is 14.8 Å². The predicted octanol–water partition coefficient (Wildman–Crippen LogP) is 5.81. The van der Waals surface area contributed by atoms with Crippen molar-refractivity contribution in [3.05, 3.63) is 78.0 Å². The van der Waals surface area contributed by atoms with Gasteiger partial charge in [0.05, 0.1) is 30.3 Å². The predicted molar refractivity (Wildman–Crippen MR) is 152 cm³/mol. The standard InChI is InChI=1S/C30H35N5O3/c1-21(2)27-20-29(35(33-27)23-10-8-22(3)9-11-23)32-30(36)31-26-12-13-28(25-7-5-4-6-24(25)26)38-19-16-34-14-17-37-18-15-34/h4-13,20-21H,14-19H2,1-3H3,(H2,31,32,36). The molecule has 0 spiro atoms. The molecule has 198 valence electrons. The average molecular weight is 514 g/mol. The molecule has 1 fully saturated rings. The Hall–Kier alpha value is -3.88. The van der Waals surface area contributed by atoms with Crippen LogP contribution in [0, 0.1) is 6.92 Å². The van der Waals surface area contributed by atoms with Gasteiger partial charge in [0.2, 0.25) is 0 Å². The molecule has 1 aromatic heterocycles. The van der Waals surface area contributed by atoms with Crippen molar-refractivity contribution in [3.63, 3.8) is 0 Å². The third-order valence-corrected chi connectivity index (χ3v) is 6.74. The number of amides is 2. The molecule has 5 rings (SSSR count). The summed E-state index contributed by atoms with van der Waals surface area (Å²) in [4.78, 5) is 15.5. The van der Waals surface area contributed by atoms with Crippen LogP contribution in [0.15, 0.2) is 66.7 Å². The third kappa shape index (κ3) is 5.98. The minimum Gasteiger partial charge on any atom is -0.492 e. The molecule has 0 unspecified atom stereocenters. The van der Waals surface area contributed by atoms with E-state index in [0.717, 1.165) is 66.3 Å². The summed E-state index contributed by atoms with van der Waals surface area (Å²) >= 11 is 0. The van der Waals surface area contributed by atoms with Crippen LogP contribution in [0.25, 0.3) is 16.5 Å². The lowest BCUT2D eigenvalue weighted by Crippen LogP contribution is -2.38. The van der Waals surface area contributed by atoms with Gasteiger partial charge in [0.15, 0.2) is 0 Å². The number of benzene rings is 3. The fraction of sp³-hybridized carbons (Fsp3) is 0.333. The summed E-state index contributed by atoms with van der Waals surface area (Å²) in [6.45, 7) is 11.1. The number of ether oxygens (including phenoxy) is 2. The van der Waals surface area contributed by atoms with Crippen LogP contribution < -0.4 is 15.4 Å². The van der Waals surface area contributed by atoms with Gasteiger partial charge in [0.1, 0.15) is 18.2 Å². The van der Waals surface area contributed by atoms with Crippen LogP contribution in [0.3, 0.4) is 0 Å². The molecule has 3 aromatic carbocycles. The van der Waals surface area contributed by atoms with E-state index >= 15 is 0 Å². The van der Waals surface area contributed by atoms with Crippen LogP contribution in [0.4, 0.5) is 16.3 Å². The molecule has 2 amide bonds. The van der Waals surface area contributed by atoms with Crippen LogP contribution in [-0.2, 0) is 4.74 Å². The Morgan fingerprint density at radius 1 is 1.00 bits per heavy atom. The topological polar surface area (TPSA) is 80.7 Å². The van der Waals surface area contributed by atoms with Gasteiger partial charge >= 0.3 is 6.03 Å². The van der Waals surface area contributed by atoms with Crippen molar-refractivity contribution in [2.45, 2.75) is 26.7 Å². The molecule has 0 saturated carbocycles. The molecule has 2 N–H and O–H groups in total. The van der Waals surface area contributed by atoms with Crippen LogP contribution in [0.5, 0.6) is 5.75 Å². The van der Waals surface area contributed by atoms with Crippen molar-refractivity contribution in [1.29, 1.82) is 0 Å². The highest BCUT2D eigenvalue weighted by Crippen LogP contribution is 2.32. The Kier molecular flexibility index (Phi) is 7.91. The van der Waals surface area contributed by atoms with Crippen LogP contribution >= 0.6 is 0 Å². The van der Waals surface area contributed by atoms with Crippen molar-refractivity contribution < 1.29 is 14.3 Å². The number of rotatable bonds is 8. The van der Waals surface area contributed by atoms with Crippen molar-refractivity contribution >= 4 is 28.3 Å². The lowest BCUT2D eigenvalue weighted by Gasteiger charge is -2.26. The zero-order valence-corrected chi connectivity index (χ0v) is 22.2. The molecule has 0 bridgehead atoms. The Morgan fingerprint density at radius 2 is 1.74 bits per heavy atom. The molecular weight excluding hydrogens is 478 g/mol. The number of nitrogens with zero attached hydrogens (tertiary/aromatic N) is 3. The van der Waals surface area contributed by atoms with Gasteiger partial charge in [-0.1, -0.05) is 55.8 Å². The number of hydrogen-bond donors (Lipinski definition) is 2. The first-order chi connectivity index (χ1) is 18.5. The van der Waals surface area contributed by atoms with Gasteiger partial charge in [0.25, 0.3) is 0 Å². The molecular formula is C30H35N5O3. The Balaban J connectivity index is 1.32. The Bertz CT molecular complexity index is 1390. The summed E-state index contributed by atoms with van der Waals surface area (Å²) in [5, 5.41) is 12.6. The molecule has 38 heavy (non-hydrogen) atoms. The van der Waals surface area contributed by atoms with Gasteiger partial charge in [-0.2, -0.15) is 5.10 Å².